The summed E-state index contributed by atoms with van der Waals surface area (Å²) < 4.78 is 31.7. The predicted octanol–water partition coefficient (Wildman–Crippen LogP) is 4.99. The standard InChI is InChI=1S/C44H50F2N8O5/c45-35-25-32(48-37-13-14-38(55)50-41(37)57)11-12-34(35)28-15-20-52(21-16-28)27-44(59)17-22-53(23-18-44)42(58)29-7-9-31(10-8-29)49-43-47-26-36(46)40(51-43)30-4-3-5-33(24-30)54-19-2-1-6-39(54)56/h1-6,11-12,19,24-26,28-29,31,37,48,59H,7-10,13-18,20-23,27H2,(H,47,49,51)(H,50,55,57)/t29-,31-,37-/m0/s1. The van der Waals surface area contributed by atoms with Gasteiger partial charge >= 0.3 is 0 Å². The number of aromatic nitrogens is 3. The van der Waals surface area contributed by atoms with E-state index in [4.69, 9.17) is 0 Å². The third-order valence-corrected chi connectivity index (χ3v) is 12.5. The molecule has 4 aliphatic rings. The molecule has 0 radical (unpaired) electrons. The fourth-order valence-corrected chi connectivity index (χ4v) is 9.11. The number of hydrogen-bond acceptors (Lipinski definition) is 10. The number of likely N-dealkylation sites (tertiary alicyclic amines) is 2. The van der Waals surface area contributed by atoms with Gasteiger partial charge in [0, 0.05) is 67.2 Å². The summed E-state index contributed by atoms with van der Waals surface area (Å²) in [5.74, 6) is -1.20. The van der Waals surface area contributed by atoms with Gasteiger partial charge in [-0.3, -0.25) is 29.1 Å². The van der Waals surface area contributed by atoms with Crippen molar-refractivity contribution >= 4 is 29.4 Å². The number of β-amino-alcohol motifs (C(OH)–C–C–N with tert-alkyl or cyclic N) is 1. The third-order valence-electron chi connectivity index (χ3n) is 12.5. The molecule has 0 unspecified atom stereocenters. The normalized spacial score (nSPS) is 22.8. The first-order valence-corrected chi connectivity index (χ1v) is 20.7. The Morgan fingerprint density at radius 1 is 0.864 bits per heavy atom. The number of halogens is 2. The summed E-state index contributed by atoms with van der Waals surface area (Å²) in [5, 5.41) is 20.3. The number of benzene rings is 2. The molecule has 2 aromatic heterocycles. The molecule has 1 atom stereocenters. The Kier molecular flexibility index (Phi) is 11.8. The van der Waals surface area contributed by atoms with Crippen molar-refractivity contribution in [3.63, 3.8) is 0 Å². The zero-order chi connectivity index (χ0) is 41.1. The Hall–Kier alpha value is -5.54. The number of carbonyl (C=O) groups is 3. The largest absolute Gasteiger partial charge is 0.388 e. The van der Waals surface area contributed by atoms with Gasteiger partial charge in [-0.25, -0.2) is 18.7 Å². The zero-order valence-corrected chi connectivity index (χ0v) is 32.9. The molecule has 2 aromatic carbocycles. The molecule has 0 spiro atoms. The minimum atomic E-state index is -0.894. The van der Waals surface area contributed by atoms with Crippen LogP contribution in [0.5, 0.6) is 0 Å². The maximum absolute atomic E-state index is 15.3. The second-order valence-electron chi connectivity index (χ2n) is 16.5. The van der Waals surface area contributed by atoms with Crippen molar-refractivity contribution in [2.45, 2.75) is 87.8 Å². The molecule has 1 aliphatic carbocycles. The first-order valence-electron chi connectivity index (χ1n) is 20.7. The van der Waals surface area contributed by atoms with Crippen LogP contribution in [-0.4, -0.2) is 97.6 Å². The minimum Gasteiger partial charge on any atom is -0.388 e. The number of piperidine rings is 3. The predicted molar refractivity (Wildman–Crippen MR) is 218 cm³/mol. The number of nitrogens with zero attached hydrogens (tertiary/aromatic N) is 5. The van der Waals surface area contributed by atoms with E-state index in [1.807, 2.05) is 4.90 Å². The van der Waals surface area contributed by atoms with Crippen LogP contribution in [0.15, 0.2) is 77.9 Å². The van der Waals surface area contributed by atoms with Crippen molar-refractivity contribution in [2.75, 3.05) is 43.4 Å². The van der Waals surface area contributed by atoms with Crippen molar-refractivity contribution in [1.29, 1.82) is 0 Å². The molecule has 1 saturated carbocycles. The number of amides is 3. The Morgan fingerprint density at radius 2 is 1.64 bits per heavy atom. The Labute approximate surface area is 341 Å². The van der Waals surface area contributed by atoms with Gasteiger partial charge in [0.2, 0.25) is 23.7 Å². The topological polar surface area (TPSA) is 162 Å². The van der Waals surface area contributed by atoms with Gasteiger partial charge in [-0.15, -0.1) is 0 Å². The van der Waals surface area contributed by atoms with Gasteiger partial charge in [0.15, 0.2) is 5.82 Å². The fourth-order valence-electron chi connectivity index (χ4n) is 9.11. The highest BCUT2D eigenvalue weighted by Gasteiger charge is 2.39. The zero-order valence-electron chi connectivity index (χ0n) is 32.9. The van der Waals surface area contributed by atoms with Gasteiger partial charge in [-0.2, -0.15) is 0 Å². The summed E-state index contributed by atoms with van der Waals surface area (Å²) in [4.78, 5) is 62.4. The van der Waals surface area contributed by atoms with Crippen molar-refractivity contribution < 1.29 is 28.3 Å². The van der Waals surface area contributed by atoms with Crippen LogP contribution in [0.4, 0.5) is 20.4 Å². The molecule has 310 valence electrons. The Morgan fingerprint density at radius 3 is 2.37 bits per heavy atom. The van der Waals surface area contributed by atoms with E-state index < -0.39 is 23.4 Å². The van der Waals surface area contributed by atoms with E-state index in [9.17, 15) is 28.7 Å². The number of imide groups is 1. The van der Waals surface area contributed by atoms with Crippen molar-refractivity contribution in [3.8, 4) is 16.9 Å². The highest BCUT2D eigenvalue weighted by Crippen LogP contribution is 2.35. The average Bonchev–Trinajstić information content (AvgIpc) is 3.23. The van der Waals surface area contributed by atoms with Gasteiger partial charge in [-0.05, 0) is 113 Å². The van der Waals surface area contributed by atoms with Gasteiger partial charge in [0.05, 0.1) is 11.8 Å². The number of carbonyl (C=O) groups excluding carboxylic acids is 3. The molecule has 3 aliphatic heterocycles. The maximum Gasteiger partial charge on any atom is 0.255 e. The smallest absolute Gasteiger partial charge is 0.255 e. The van der Waals surface area contributed by atoms with Gasteiger partial charge < -0.3 is 25.5 Å². The molecule has 4 aromatic rings. The van der Waals surface area contributed by atoms with Crippen molar-refractivity contribution in [2.24, 2.45) is 5.92 Å². The number of aliphatic hydroxyl groups is 1. The van der Waals surface area contributed by atoms with Crippen LogP contribution in [0.1, 0.15) is 75.7 Å². The van der Waals surface area contributed by atoms with Crippen LogP contribution >= 0.6 is 0 Å². The van der Waals surface area contributed by atoms with Gasteiger partial charge in [-0.1, -0.05) is 24.3 Å². The summed E-state index contributed by atoms with van der Waals surface area (Å²) in [6.07, 6.45) is 8.82. The highest BCUT2D eigenvalue weighted by molar-refractivity contribution is 6.01. The SMILES string of the molecule is O=C1CC[C@H](Nc2ccc(C3CCN(CC4(O)CCN(C(=O)[C@H]5CC[C@H](Nc6ncc(F)c(-c7cccc(-n8ccccc8=O)c7)n6)CC5)CC4)CC3)c(F)c2)C(=O)N1. The Bertz CT molecular complexity index is 2250. The lowest BCUT2D eigenvalue weighted by molar-refractivity contribution is -0.141. The van der Waals surface area contributed by atoms with Crippen LogP contribution in [0.3, 0.4) is 0 Å². The number of pyridine rings is 1. The second-order valence-corrected chi connectivity index (χ2v) is 16.5. The monoisotopic (exact) mass is 808 g/mol. The summed E-state index contributed by atoms with van der Waals surface area (Å²) in [7, 11) is 0. The molecular weight excluding hydrogens is 759 g/mol. The maximum atomic E-state index is 15.3. The van der Waals surface area contributed by atoms with Crippen molar-refractivity contribution in [3.05, 3.63) is 101 Å². The fraction of sp³-hybridized carbons (Fsp3) is 0.455. The molecule has 0 bridgehead atoms. The van der Waals surface area contributed by atoms with Crippen LogP contribution in [0.2, 0.25) is 0 Å². The van der Waals surface area contributed by atoms with E-state index >= 15 is 4.39 Å². The average molecular weight is 809 g/mol. The van der Waals surface area contributed by atoms with Crippen LogP contribution in [-0.2, 0) is 14.4 Å². The van der Waals surface area contributed by atoms with E-state index in [1.54, 1.807) is 54.7 Å². The lowest BCUT2D eigenvalue weighted by atomic mass is 9.83. The summed E-state index contributed by atoms with van der Waals surface area (Å²) in [6, 6.07) is 16.3. The summed E-state index contributed by atoms with van der Waals surface area (Å²) in [5.41, 5.74) is 1.31. The number of rotatable bonds is 10. The molecule has 3 saturated heterocycles. The van der Waals surface area contributed by atoms with Crippen molar-refractivity contribution in [1.82, 2.24) is 29.7 Å². The van der Waals surface area contributed by atoms with E-state index in [2.05, 4.69) is 30.8 Å². The van der Waals surface area contributed by atoms with Gasteiger partial charge in [0.25, 0.3) is 5.56 Å². The minimum absolute atomic E-state index is 0.0278. The first-order chi connectivity index (χ1) is 28.5. The molecule has 59 heavy (non-hydrogen) atoms. The molecular formula is C44H50F2N8O5. The molecule has 8 rings (SSSR count). The molecule has 13 nitrogen and oxygen atoms in total. The molecule has 15 heteroatoms. The van der Waals surface area contributed by atoms with Crippen LogP contribution < -0.4 is 21.5 Å². The van der Waals surface area contributed by atoms with E-state index in [-0.39, 0.29) is 53.2 Å². The molecule has 5 heterocycles. The Balaban J connectivity index is 0.776. The van der Waals surface area contributed by atoms with Crippen LogP contribution in [0, 0.1) is 17.6 Å². The molecule has 3 amide bonds. The number of nitrogens with one attached hydrogen (secondary N) is 3. The van der Waals surface area contributed by atoms with E-state index in [0.717, 1.165) is 45.0 Å². The molecule has 4 N–H and O–H groups in total. The van der Waals surface area contributed by atoms with Crippen LogP contribution in [0.25, 0.3) is 16.9 Å². The first kappa shape index (κ1) is 40.2. The van der Waals surface area contributed by atoms with E-state index in [0.29, 0.717) is 80.2 Å². The lowest BCUT2D eigenvalue weighted by Crippen LogP contribution is -2.54. The molecule has 4 fully saturated rings. The van der Waals surface area contributed by atoms with Gasteiger partial charge in [0.1, 0.15) is 17.6 Å². The summed E-state index contributed by atoms with van der Waals surface area (Å²) in [6.45, 7) is 2.98. The van der Waals surface area contributed by atoms with E-state index in [1.165, 1.54) is 16.7 Å². The number of hydrogen-bond donors (Lipinski definition) is 4. The third kappa shape index (κ3) is 9.36. The summed E-state index contributed by atoms with van der Waals surface area (Å²) >= 11 is 0. The quantitative estimate of drug-likeness (QED) is 0.161. The highest BCUT2D eigenvalue weighted by atomic mass is 19.1. The lowest BCUT2D eigenvalue weighted by Gasteiger charge is -2.43. The number of anilines is 2. The second kappa shape index (κ2) is 17.4.